The largest absolute Gasteiger partial charge is 0.378 e. The number of urea groups is 1. The van der Waals surface area contributed by atoms with Gasteiger partial charge >= 0.3 is 6.03 Å². The molecule has 3 amide bonds. The van der Waals surface area contributed by atoms with Gasteiger partial charge in [0.2, 0.25) is 0 Å². The molecule has 2 aliphatic rings. The fourth-order valence-corrected chi connectivity index (χ4v) is 3.55. The number of anilines is 1. The molecule has 0 unspecified atom stereocenters. The summed E-state index contributed by atoms with van der Waals surface area (Å²) in [5.74, 6) is -0.0266. The van der Waals surface area contributed by atoms with Gasteiger partial charge in [0, 0.05) is 37.4 Å². The van der Waals surface area contributed by atoms with Crippen LogP contribution in [-0.4, -0.2) is 54.6 Å². The monoisotopic (exact) mass is 365 g/mol. The smallest absolute Gasteiger partial charge is 0.322 e. The summed E-state index contributed by atoms with van der Waals surface area (Å²) in [5, 5.41) is 2.93. The fourth-order valence-electron chi connectivity index (χ4n) is 3.55. The molecule has 2 aromatic rings. The minimum absolute atomic E-state index is 0.0266. The first kappa shape index (κ1) is 17.5. The van der Waals surface area contributed by atoms with Crippen LogP contribution in [0.25, 0.3) is 0 Å². The van der Waals surface area contributed by atoms with Crippen LogP contribution in [0.3, 0.4) is 0 Å². The molecular formula is C21H23N3O3. The van der Waals surface area contributed by atoms with Crippen molar-refractivity contribution < 1.29 is 14.3 Å². The van der Waals surface area contributed by atoms with Crippen LogP contribution in [0.4, 0.5) is 10.5 Å². The third-order valence-electron chi connectivity index (χ3n) is 5.08. The third-order valence-corrected chi connectivity index (χ3v) is 5.08. The molecule has 4 rings (SSSR count). The molecule has 6 heteroatoms. The van der Waals surface area contributed by atoms with Gasteiger partial charge in [-0.1, -0.05) is 30.3 Å². The van der Waals surface area contributed by atoms with E-state index in [0.717, 1.165) is 6.42 Å². The second kappa shape index (κ2) is 7.80. The van der Waals surface area contributed by atoms with Gasteiger partial charge in [-0.05, 0) is 35.7 Å². The number of hydrogen-bond donors (Lipinski definition) is 1. The van der Waals surface area contributed by atoms with Gasteiger partial charge in [-0.3, -0.25) is 4.79 Å². The standard InChI is InChI=1S/C21H23N3O3/c25-20(23-10-12-27-13-11-23)17-6-3-7-19(14-17)22-21(26)24-9-8-16-4-1-2-5-18(16)15-24/h1-7,14H,8-13,15H2,(H,22,26). The van der Waals surface area contributed by atoms with Gasteiger partial charge in [-0.25, -0.2) is 4.79 Å². The predicted octanol–water partition coefficient (Wildman–Crippen LogP) is 2.75. The zero-order chi connectivity index (χ0) is 18.6. The molecule has 140 valence electrons. The van der Waals surface area contributed by atoms with Crippen molar-refractivity contribution >= 4 is 17.6 Å². The van der Waals surface area contributed by atoms with Crippen LogP contribution in [0.5, 0.6) is 0 Å². The number of fused-ring (bicyclic) bond motifs is 1. The van der Waals surface area contributed by atoms with E-state index in [1.807, 2.05) is 18.2 Å². The maximum atomic E-state index is 12.7. The molecule has 0 radical (unpaired) electrons. The van der Waals surface area contributed by atoms with E-state index < -0.39 is 0 Å². The van der Waals surface area contributed by atoms with Crippen LogP contribution in [0.15, 0.2) is 48.5 Å². The Balaban J connectivity index is 1.42. The number of morpholine rings is 1. The molecular weight excluding hydrogens is 342 g/mol. The summed E-state index contributed by atoms with van der Waals surface area (Å²) in [5.41, 5.74) is 3.71. The fraction of sp³-hybridized carbons (Fsp3) is 0.333. The lowest BCUT2D eigenvalue weighted by Gasteiger charge is -2.29. The lowest BCUT2D eigenvalue weighted by molar-refractivity contribution is 0.0303. The first-order valence-corrected chi connectivity index (χ1v) is 9.30. The number of ether oxygens (including phenoxy) is 1. The van der Waals surface area contributed by atoms with Crippen LogP contribution in [0.1, 0.15) is 21.5 Å². The van der Waals surface area contributed by atoms with E-state index in [1.165, 1.54) is 11.1 Å². The zero-order valence-electron chi connectivity index (χ0n) is 15.2. The van der Waals surface area contributed by atoms with Gasteiger partial charge in [0.1, 0.15) is 0 Å². The summed E-state index contributed by atoms with van der Waals surface area (Å²) in [6.07, 6.45) is 0.860. The molecule has 2 aromatic carbocycles. The number of nitrogens with zero attached hydrogens (tertiary/aromatic N) is 2. The highest BCUT2D eigenvalue weighted by molar-refractivity contribution is 5.97. The zero-order valence-corrected chi connectivity index (χ0v) is 15.2. The van der Waals surface area contributed by atoms with E-state index in [-0.39, 0.29) is 11.9 Å². The predicted molar refractivity (Wildman–Crippen MR) is 103 cm³/mol. The van der Waals surface area contributed by atoms with Crippen molar-refractivity contribution in [3.63, 3.8) is 0 Å². The normalized spacial score (nSPS) is 16.6. The molecule has 2 heterocycles. The number of carbonyl (C=O) groups excluding carboxylic acids is 2. The van der Waals surface area contributed by atoms with E-state index in [1.54, 1.807) is 28.0 Å². The molecule has 6 nitrogen and oxygen atoms in total. The lowest BCUT2D eigenvalue weighted by atomic mass is 10.0. The first-order valence-electron chi connectivity index (χ1n) is 9.30. The molecule has 0 atom stereocenters. The number of rotatable bonds is 2. The van der Waals surface area contributed by atoms with E-state index in [9.17, 15) is 9.59 Å². The minimum atomic E-state index is -0.138. The Labute approximate surface area is 158 Å². The van der Waals surface area contributed by atoms with Gasteiger partial charge in [0.05, 0.1) is 13.2 Å². The Bertz CT molecular complexity index is 846. The Morgan fingerprint density at radius 1 is 0.889 bits per heavy atom. The summed E-state index contributed by atoms with van der Waals surface area (Å²) < 4.78 is 5.30. The highest BCUT2D eigenvalue weighted by atomic mass is 16.5. The molecule has 0 spiro atoms. The molecule has 0 aliphatic carbocycles. The maximum Gasteiger partial charge on any atom is 0.322 e. The van der Waals surface area contributed by atoms with Gasteiger partial charge in [0.15, 0.2) is 0 Å². The SMILES string of the molecule is O=C(Nc1cccc(C(=O)N2CCOCC2)c1)N1CCc2ccccc2C1. The Morgan fingerprint density at radius 2 is 1.67 bits per heavy atom. The van der Waals surface area contributed by atoms with E-state index in [2.05, 4.69) is 17.4 Å². The molecule has 1 fully saturated rings. The highest BCUT2D eigenvalue weighted by Crippen LogP contribution is 2.20. The summed E-state index contributed by atoms with van der Waals surface area (Å²) in [4.78, 5) is 28.9. The van der Waals surface area contributed by atoms with Crippen LogP contribution < -0.4 is 5.32 Å². The summed E-state index contributed by atoms with van der Waals surface area (Å²) in [6.45, 7) is 3.63. The molecule has 0 aromatic heterocycles. The van der Waals surface area contributed by atoms with Crippen molar-refractivity contribution in [3.05, 3.63) is 65.2 Å². The van der Waals surface area contributed by atoms with Crippen LogP contribution in [0, 0.1) is 0 Å². The minimum Gasteiger partial charge on any atom is -0.378 e. The lowest BCUT2D eigenvalue weighted by Crippen LogP contribution is -2.40. The Hall–Kier alpha value is -2.86. The average molecular weight is 365 g/mol. The van der Waals surface area contributed by atoms with Crippen molar-refractivity contribution in [1.82, 2.24) is 9.80 Å². The second-order valence-electron chi connectivity index (χ2n) is 6.86. The molecule has 2 aliphatic heterocycles. The van der Waals surface area contributed by atoms with Crippen molar-refractivity contribution in [2.24, 2.45) is 0 Å². The quantitative estimate of drug-likeness (QED) is 0.890. The Kier molecular flexibility index (Phi) is 5.07. The summed E-state index contributed by atoms with van der Waals surface area (Å²) in [6, 6.07) is 15.2. The van der Waals surface area contributed by atoms with E-state index in [4.69, 9.17) is 4.74 Å². The average Bonchev–Trinajstić information content (AvgIpc) is 2.73. The van der Waals surface area contributed by atoms with E-state index >= 15 is 0 Å². The maximum absolute atomic E-state index is 12.7. The topological polar surface area (TPSA) is 61.9 Å². The van der Waals surface area contributed by atoms with Crippen LogP contribution in [-0.2, 0) is 17.7 Å². The van der Waals surface area contributed by atoms with Gasteiger partial charge in [0.25, 0.3) is 5.91 Å². The van der Waals surface area contributed by atoms with Crippen molar-refractivity contribution in [1.29, 1.82) is 0 Å². The number of nitrogens with one attached hydrogen (secondary N) is 1. The van der Waals surface area contributed by atoms with Gasteiger partial charge in [-0.15, -0.1) is 0 Å². The van der Waals surface area contributed by atoms with Crippen molar-refractivity contribution in [2.45, 2.75) is 13.0 Å². The number of hydrogen-bond acceptors (Lipinski definition) is 3. The molecule has 1 saturated heterocycles. The number of benzene rings is 2. The first-order chi connectivity index (χ1) is 13.2. The molecule has 0 saturated carbocycles. The molecule has 27 heavy (non-hydrogen) atoms. The Morgan fingerprint density at radius 3 is 2.48 bits per heavy atom. The second-order valence-corrected chi connectivity index (χ2v) is 6.86. The highest BCUT2D eigenvalue weighted by Gasteiger charge is 2.22. The number of amides is 3. The number of carbonyl (C=O) groups is 2. The van der Waals surface area contributed by atoms with E-state index in [0.29, 0.717) is 50.6 Å². The summed E-state index contributed by atoms with van der Waals surface area (Å²) >= 11 is 0. The summed E-state index contributed by atoms with van der Waals surface area (Å²) in [7, 11) is 0. The van der Waals surface area contributed by atoms with Crippen molar-refractivity contribution in [3.8, 4) is 0 Å². The molecule has 0 bridgehead atoms. The van der Waals surface area contributed by atoms with Crippen LogP contribution >= 0.6 is 0 Å². The van der Waals surface area contributed by atoms with Crippen LogP contribution in [0.2, 0.25) is 0 Å². The third kappa shape index (κ3) is 3.95. The van der Waals surface area contributed by atoms with Gasteiger partial charge in [-0.2, -0.15) is 0 Å². The van der Waals surface area contributed by atoms with Crippen molar-refractivity contribution in [2.75, 3.05) is 38.2 Å². The van der Waals surface area contributed by atoms with Gasteiger partial charge < -0.3 is 19.9 Å². The molecule has 1 N–H and O–H groups in total.